The van der Waals surface area contributed by atoms with Crippen LogP contribution in [0, 0.1) is 5.92 Å². The van der Waals surface area contributed by atoms with Crippen LogP contribution in [0.2, 0.25) is 0 Å². The summed E-state index contributed by atoms with van der Waals surface area (Å²) in [6, 6.07) is 2.65. The first-order valence-electron chi connectivity index (χ1n) is 11.0. The third-order valence-electron chi connectivity index (χ3n) is 6.64. The Hall–Kier alpha value is -2.28. The molecule has 4 heterocycles. The lowest BCUT2D eigenvalue weighted by Crippen LogP contribution is -2.49. The highest BCUT2D eigenvalue weighted by Gasteiger charge is 2.32. The maximum Gasteiger partial charge on any atom is 0.225 e. The van der Waals surface area contributed by atoms with E-state index in [0.717, 1.165) is 76.2 Å². The second-order valence-electron chi connectivity index (χ2n) is 8.10. The van der Waals surface area contributed by atoms with Crippen LogP contribution in [0.3, 0.4) is 0 Å². The molecule has 7 heteroatoms. The molecule has 0 aromatic carbocycles. The van der Waals surface area contributed by atoms with Crippen molar-refractivity contribution in [2.24, 2.45) is 5.92 Å². The van der Waals surface area contributed by atoms with Gasteiger partial charge in [-0.05, 0) is 44.8 Å². The molecule has 2 aliphatic heterocycles. The number of carbonyl (C=O) groups excluding carboxylic acids is 1. The molecule has 0 unspecified atom stereocenters. The Morgan fingerprint density at radius 1 is 0.966 bits per heavy atom. The van der Waals surface area contributed by atoms with Crippen molar-refractivity contribution in [3.8, 4) is 0 Å². The fraction of sp³-hybridized carbons (Fsp3) is 0.636. The van der Waals surface area contributed by atoms with Gasteiger partial charge in [-0.25, -0.2) is 15.0 Å². The van der Waals surface area contributed by atoms with E-state index in [2.05, 4.69) is 43.5 Å². The van der Waals surface area contributed by atoms with E-state index in [1.165, 1.54) is 0 Å². The smallest absolute Gasteiger partial charge is 0.225 e. The molecule has 0 atom stereocenters. The van der Waals surface area contributed by atoms with Gasteiger partial charge in [0.2, 0.25) is 5.91 Å². The van der Waals surface area contributed by atoms with E-state index in [0.29, 0.717) is 17.6 Å². The number of pyridine rings is 1. The number of carbonyl (C=O) groups is 1. The van der Waals surface area contributed by atoms with Gasteiger partial charge in [-0.3, -0.25) is 4.79 Å². The quantitative estimate of drug-likeness (QED) is 0.774. The van der Waals surface area contributed by atoms with E-state index in [9.17, 15) is 4.79 Å². The van der Waals surface area contributed by atoms with Crippen LogP contribution in [-0.2, 0) is 4.79 Å². The molecule has 0 spiro atoms. The molecule has 2 saturated heterocycles. The lowest BCUT2D eigenvalue weighted by atomic mass is 9.93. The Labute approximate surface area is 173 Å². The number of rotatable bonds is 5. The van der Waals surface area contributed by atoms with Crippen LogP contribution in [-0.4, -0.2) is 76.0 Å². The summed E-state index contributed by atoms with van der Waals surface area (Å²) in [6.07, 6.45) is 9.20. The molecular formula is C22H32N6O. The molecule has 2 aromatic rings. The first-order chi connectivity index (χ1) is 14.2. The minimum absolute atomic E-state index is 0.149. The first-order valence-corrected chi connectivity index (χ1v) is 11.0. The average molecular weight is 397 g/mol. The molecule has 0 radical (unpaired) electrons. The van der Waals surface area contributed by atoms with Crippen LogP contribution in [0.15, 0.2) is 24.7 Å². The minimum Gasteiger partial charge on any atom is -0.370 e. The van der Waals surface area contributed by atoms with Gasteiger partial charge in [0.05, 0.1) is 5.69 Å². The summed E-state index contributed by atoms with van der Waals surface area (Å²) in [6.45, 7) is 10.2. The number of piperidine rings is 2. The number of aromatic nitrogens is 3. The minimum atomic E-state index is 0.149. The van der Waals surface area contributed by atoms with Crippen molar-refractivity contribution >= 4 is 22.8 Å². The Bertz CT molecular complexity index is 818. The molecule has 156 valence electrons. The first kappa shape index (κ1) is 20.0. The predicted molar refractivity (Wildman–Crippen MR) is 115 cm³/mol. The monoisotopic (exact) mass is 396 g/mol. The molecule has 1 amide bonds. The summed E-state index contributed by atoms with van der Waals surface area (Å²) < 4.78 is 0. The van der Waals surface area contributed by atoms with Crippen molar-refractivity contribution in [2.45, 2.75) is 45.6 Å². The number of hydrogen-bond donors (Lipinski definition) is 0. The zero-order valence-corrected chi connectivity index (χ0v) is 17.6. The van der Waals surface area contributed by atoms with Crippen molar-refractivity contribution in [1.29, 1.82) is 0 Å². The standard InChI is InChI=1S/C22H32N6O/c1-3-26(4-2)18-8-15-28(16-9-18)22(29)17-6-13-27(14-7-17)19-5-10-24-21-20(19)23-11-12-25-21/h5,10-12,17-18H,3-4,6-9,13-16H2,1-2H3. The van der Waals surface area contributed by atoms with Gasteiger partial charge in [0.25, 0.3) is 0 Å². The number of likely N-dealkylation sites (tertiary alicyclic amines) is 1. The molecule has 0 N–H and O–H groups in total. The van der Waals surface area contributed by atoms with E-state index in [4.69, 9.17) is 0 Å². The Morgan fingerprint density at radius 3 is 2.31 bits per heavy atom. The van der Waals surface area contributed by atoms with Crippen molar-refractivity contribution < 1.29 is 4.79 Å². The number of nitrogens with zero attached hydrogens (tertiary/aromatic N) is 6. The number of amides is 1. The van der Waals surface area contributed by atoms with Gasteiger partial charge in [0.15, 0.2) is 5.65 Å². The highest BCUT2D eigenvalue weighted by atomic mass is 16.2. The van der Waals surface area contributed by atoms with Crippen LogP contribution < -0.4 is 4.90 Å². The van der Waals surface area contributed by atoms with Crippen LogP contribution in [0.4, 0.5) is 5.69 Å². The molecule has 0 aliphatic carbocycles. The molecule has 7 nitrogen and oxygen atoms in total. The fourth-order valence-electron chi connectivity index (χ4n) is 4.94. The molecule has 2 aromatic heterocycles. The molecular weight excluding hydrogens is 364 g/mol. The summed E-state index contributed by atoms with van der Waals surface area (Å²) in [5, 5.41) is 0. The SMILES string of the molecule is CCN(CC)C1CCN(C(=O)C2CCN(c3ccnc4nccnc34)CC2)CC1. The van der Waals surface area contributed by atoms with Gasteiger partial charge in [0.1, 0.15) is 5.52 Å². The van der Waals surface area contributed by atoms with Crippen molar-refractivity contribution in [1.82, 2.24) is 24.8 Å². The molecule has 0 saturated carbocycles. The fourth-order valence-corrected chi connectivity index (χ4v) is 4.94. The Kier molecular flexibility index (Phi) is 6.23. The molecule has 0 bridgehead atoms. The summed E-state index contributed by atoms with van der Waals surface area (Å²) in [4.78, 5) is 33.2. The lowest BCUT2D eigenvalue weighted by molar-refractivity contribution is -0.137. The topological polar surface area (TPSA) is 65.5 Å². The zero-order valence-electron chi connectivity index (χ0n) is 17.6. The van der Waals surface area contributed by atoms with Crippen LogP contribution in [0.5, 0.6) is 0 Å². The number of anilines is 1. The van der Waals surface area contributed by atoms with Gasteiger partial charge in [0, 0.05) is 56.7 Å². The Morgan fingerprint density at radius 2 is 1.62 bits per heavy atom. The van der Waals surface area contributed by atoms with Crippen LogP contribution in [0.1, 0.15) is 39.5 Å². The zero-order chi connectivity index (χ0) is 20.2. The van der Waals surface area contributed by atoms with Crippen LogP contribution >= 0.6 is 0 Å². The molecule has 4 rings (SSSR count). The van der Waals surface area contributed by atoms with Gasteiger partial charge < -0.3 is 14.7 Å². The lowest BCUT2D eigenvalue weighted by Gasteiger charge is -2.40. The second-order valence-corrected chi connectivity index (χ2v) is 8.10. The van der Waals surface area contributed by atoms with E-state index in [-0.39, 0.29) is 5.92 Å². The second kappa shape index (κ2) is 9.03. The summed E-state index contributed by atoms with van der Waals surface area (Å²) in [7, 11) is 0. The normalized spacial score (nSPS) is 19.3. The van der Waals surface area contributed by atoms with Gasteiger partial charge in [-0.15, -0.1) is 0 Å². The molecule has 2 fully saturated rings. The average Bonchev–Trinajstić information content (AvgIpc) is 2.80. The van der Waals surface area contributed by atoms with E-state index < -0.39 is 0 Å². The number of hydrogen-bond acceptors (Lipinski definition) is 6. The third-order valence-corrected chi connectivity index (χ3v) is 6.64. The van der Waals surface area contributed by atoms with Crippen LogP contribution in [0.25, 0.3) is 11.2 Å². The molecule has 29 heavy (non-hydrogen) atoms. The summed E-state index contributed by atoms with van der Waals surface area (Å²) in [5.41, 5.74) is 2.60. The van der Waals surface area contributed by atoms with E-state index >= 15 is 0 Å². The predicted octanol–water partition coefficient (Wildman–Crippen LogP) is 2.57. The summed E-state index contributed by atoms with van der Waals surface area (Å²) >= 11 is 0. The van der Waals surface area contributed by atoms with Crippen molar-refractivity contribution in [2.75, 3.05) is 44.2 Å². The summed E-state index contributed by atoms with van der Waals surface area (Å²) in [5.74, 6) is 0.512. The molecule has 2 aliphatic rings. The van der Waals surface area contributed by atoms with E-state index in [1.807, 2.05) is 6.07 Å². The van der Waals surface area contributed by atoms with Gasteiger partial charge >= 0.3 is 0 Å². The maximum absolute atomic E-state index is 13.1. The van der Waals surface area contributed by atoms with Gasteiger partial charge in [-0.2, -0.15) is 0 Å². The highest BCUT2D eigenvalue weighted by Crippen LogP contribution is 2.29. The van der Waals surface area contributed by atoms with Crippen molar-refractivity contribution in [3.05, 3.63) is 24.7 Å². The van der Waals surface area contributed by atoms with Gasteiger partial charge in [-0.1, -0.05) is 13.8 Å². The van der Waals surface area contributed by atoms with E-state index in [1.54, 1.807) is 18.6 Å². The Balaban J connectivity index is 1.33. The maximum atomic E-state index is 13.1. The third kappa shape index (κ3) is 4.20. The largest absolute Gasteiger partial charge is 0.370 e. The van der Waals surface area contributed by atoms with Crippen molar-refractivity contribution in [3.63, 3.8) is 0 Å². The number of fused-ring (bicyclic) bond motifs is 1. The highest BCUT2D eigenvalue weighted by molar-refractivity contribution is 5.85.